The number of carbonyl (C=O) groups is 3. The van der Waals surface area contributed by atoms with Crippen LogP contribution < -0.4 is 26.0 Å². The van der Waals surface area contributed by atoms with E-state index in [0.717, 1.165) is 0 Å². The van der Waals surface area contributed by atoms with Crippen molar-refractivity contribution in [2.75, 3.05) is 25.0 Å². The highest BCUT2D eigenvalue weighted by molar-refractivity contribution is 6.07. The highest BCUT2D eigenvalue weighted by Crippen LogP contribution is 2.29. The molecule has 1 unspecified atom stereocenters. The molecule has 0 spiro atoms. The van der Waals surface area contributed by atoms with E-state index in [4.69, 9.17) is 0 Å². The first-order valence-corrected chi connectivity index (χ1v) is 11.9. The molecule has 0 radical (unpaired) electrons. The van der Waals surface area contributed by atoms with Crippen molar-refractivity contribution in [1.82, 2.24) is 26.1 Å². The Morgan fingerprint density at radius 1 is 1.20 bits per heavy atom. The lowest BCUT2D eigenvalue weighted by atomic mass is 10.0. The maximum Gasteiger partial charge on any atom is 0.573 e. The molecule has 2 aromatic carbocycles. The molecule has 0 aliphatic carbocycles. The number of hydrogen-bond donors (Lipinski definition) is 6. The number of hydrogen-bond acceptors (Lipinski definition) is 8. The molecule has 1 aliphatic rings. The second kappa shape index (κ2) is 12.1. The summed E-state index contributed by atoms with van der Waals surface area (Å²) in [7, 11) is 0. The molecule has 6 N–H and O–H groups in total. The summed E-state index contributed by atoms with van der Waals surface area (Å²) >= 11 is 0. The van der Waals surface area contributed by atoms with Gasteiger partial charge in [0.15, 0.2) is 5.96 Å². The fourth-order valence-electron chi connectivity index (χ4n) is 3.92. The van der Waals surface area contributed by atoms with Gasteiger partial charge in [0.05, 0.1) is 49.5 Å². The average molecular weight is 583 g/mol. The molecule has 0 fully saturated rings. The fourth-order valence-corrected chi connectivity index (χ4v) is 3.92. The summed E-state index contributed by atoms with van der Waals surface area (Å²) in [5.74, 6) is -4.78. The number of alkyl halides is 4. The van der Waals surface area contributed by atoms with Gasteiger partial charge in [-0.05, 0) is 30.3 Å². The van der Waals surface area contributed by atoms with Gasteiger partial charge in [-0.3, -0.25) is 19.5 Å². The number of amides is 2. The predicted octanol–water partition coefficient (Wildman–Crippen LogP) is 2.37. The van der Waals surface area contributed by atoms with Crippen LogP contribution in [0.25, 0.3) is 10.9 Å². The summed E-state index contributed by atoms with van der Waals surface area (Å²) in [6.07, 6.45) is -5.61. The Morgan fingerprint density at radius 3 is 2.66 bits per heavy atom. The normalized spacial score (nSPS) is 15.8. The number of rotatable bonds is 9. The van der Waals surface area contributed by atoms with Crippen LogP contribution in [0.15, 0.2) is 41.5 Å². The minimum atomic E-state index is -5.09. The van der Waals surface area contributed by atoms with Crippen LogP contribution in [0, 0.1) is 5.82 Å². The number of aromatic amines is 1. The summed E-state index contributed by atoms with van der Waals surface area (Å²) in [6, 6.07) is 3.26. The van der Waals surface area contributed by atoms with Crippen molar-refractivity contribution in [3.63, 3.8) is 0 Å². The third-order valence-corrected chi connectivity index (χ3v) is 5.71. The Kier molecular flexibility index (Phi) is 8.53. The van der Waals surface area contributed by atoms with Gasteiger partial charge in [-0.1, -0.05) is 0 Å². The first-order valence-electron chi connectivity index (χ1n) is 11.9. The number of carboxylic acids is 1. The number of aromatic nitrogens is 2. The number of benzene rings is 2. The summed E-state index contributed by atoms with van der Waals surface area (Å²) < 4.78 is 69.3. The van der Waals surface area contributed by atoms with Gasteiger partial charge in [-0.25, -0.2) is 13.8 Å². The van der Waals surface area contributed by atoms with Crippen LogP contribution in [-0.2, 0) is 9.59 Å². The van der Waals surface area contributed by atoms with Gasteiger partial charge in [0, 0.05) is 16.5 Å². The number of halogens is 5. The number of carbonyl (C=O) groups excluding carboxylic acids is 2. The molecule has 0 saturated heterocycles. The maximum atomic E-state index is 14.4. The van der Waals surface area contributed by atoms with E-state index in [1.807, 2.05) is 0 Å². The SMILES string of the molecule is O=C(O)C[C@H](NC(=O)CNC(=O)c1cc(NC2=NCC(F)CN2)c2cn[nH]c2c1)c1cc(OC(F)(F)F)ccc1F. The smallest absolute Gasteiger partial charge is 0.481 e. The molecule has 3 aromatic rings. The highest BCUT2D eigenvalue weighted by Gasteiger charge is 2.32. The van der Waals surface area contributed by atoms with Crippen molar-refractivity contribution in [2.24, 2.45) is 4.99 Å². The summed E-state index contributed by atoms with van der Waals surface area (Å²) in [6.45, 7) is -0.696. The monoisotopic (exact) mass is 583 g/mol. The van der Waals surface area contributed by atoms with E-state index in [2.05, 4.69) is 41.2 Å². The van der Waals surface area contributed by atoms with Gasteiger partial charge in [-0.15, -0.1) is 13.2 Å². The van der Waals surface area contributed by atoms with Crippen LogP contribution in [0.5, 0.6) is 5.75 Å². The quantitative estimate of drug-likeness (QED) is 0.209. The van der Waals surface area contributed by atoms with Gasteiger partial charge in [0.2, 0.25) is 5.91 Å². The number of nitrogens with one attached hydrogen (secondary N) is 5. The highest BCUT2D eigenvalue weighted by atomic mass is 19.4. The number of carboxylic acid groups (broad SMARTS) is 1. The summed E-state index contributed by atoms with van der Waals surface area (Å²) in [4.78, 5) is 40.8. The van der Waals surface area contributed by atoms with Crippen LogP contribution in [0.1, 0.15) is 28.4 Å². The van der Waals surface area contributed by atoms with Crippen molar-refractivity contribution in [2.45, 2.75) is 25.0 Å². The van der Waals surface area contributed by atoms with Crippen molar-refractivity contribution in [3.05, 3.63) is 53.5 Å². The molecule has 2 amide bonds. The number of ether oxygens (including phenoxy) is 1. The third kappa shape index (κ3) is 7.80. The molecule has 218 valence electrons. The second-order valence-corrected chi connectivity index (χ2v) is 8.78. The molecule has 41 heavy (non-hydrogen) atoms. The third-order valence-electron chi connectivity index (χ3n) is 5.71. The Bertz CT molecular complexity index is 1490. The Labute approximate surface area is 227 Å². The standard InChI is InChI=1S/C24H22F5N7O5/c25-12-7-31-23(32-8-12)35-17-3-11(4-19-15(17)9-33-36-19)22(40)30-10-20(37)34-18(6-21(38)39)14-5-13(1-2-16(14)26)41-24(27,28)29/h1-5,9,12,18H,6-8,10H2,(H,30,40)(H,33,36)(H,34,37)(H,38,39)(H2,31,32,35)/t18-/m0/s1. The lowest BCUT2D eigenvalue weighted by Crippen LogP contribution is -2.41. The number of guanidine groups is 1. The van der Waals surface area contributed by atoms with Crippen LogP contribution >= 0.6 is 0 Å². The van der Waals surface area contributed by atoms with Crippen LogP contribution in [0.4, 0.5) is 27.6 Å². The first-order chi connectivity index (χ1) is 19.4. The van der Waals surface area contributed by atoms with E-state index >= 15 is 0 Å². The van der Waals surface area contributed by atoms with E-state index in [0.29, 0.717) is 34.8 Å². The van der Waals surface area contributed by atoms with Crippen LogP contribution in [0.2, 0.25) is 0 Å². The van der Waals surface area contributed by atoms with Gasteiger partial charge < -0.3 is 31.1 Å². The molecule has 12 nitrogen and oxygen atoms in total. The minimum absolute atomic E-state index is 0.0437. The topological polar surface area (TPSA) is 170 Å². The van der Waals surface area contributed by atoms with Gasteiger partial charge in [0.1, 0.15) is 17.7 Å². The average Bonchev–Trinajstić information content (AvgIpc) is 3.37. The van der Waals surface area contributed by atoms with E-state index in [-0.39, 0.29) is 24.6 Å². The van der Waals surface area contributed by atoms with E-state index in [1.54, 1.807) is 0 Å². The predicted molar refractivity (Wildman–Crippen MR) is 133 cm³/mol. The molecule has 2 heterocycles. The lowest BCUT2D eigenvalue weighted by Gasteiger charge is -2.20. The lowest BCUT2D eigenvalue weighted by molar-refractivity contribution is -0.274. The van der Waals surface area contributed by atoms with Gasteiger partial charge >= 0.3 is 12.3 Å². The van der Waals surface area contributed by atoms with Crippen LogP contribution in [0.3, 0.4) is 0 Å². The second-order valence-electron chi connectivity index (χ2n) is 8.78. The summed E-state index contributed by atoms with van der Waals surface area (Å²) in [5.41, 5.74) is 0.351. The molecular formula is C24H22F5N7O5. The molecule has 4 rings (SSSR count). The van der Waals surface area contributed by atoms with Crippen molar-refractivity contribution < 1.29 is 46.2 Å². The van der Waals surface area contributed by atoms with E-state index in [9.17, 15) is 41.4 Å². The number of aliphatic imine (C=N–C) groups is 1. The Balaban J connectivity index is 1.45. The zero-order valence-electron chi connectivity index (χ0n) is 20.8. The molecule has 0 saturated carbocycles. The number of nitrogens with zero attached hydrogens (tertiary/aromatic N) is 2. The number of aliphatic carboxylic acids is 1. The van der Waals surface area contributed by atoms with Gasteiger partial charge in [-0.2, -0.15) is 5.10 Å². The molecule has 1 aliphatic heterocycles. The van der Waals surface area contributed by atoms with Gasteiger partial charge in [0.25, 0.3) is 5.91 Å². The Hall–Kier alpha value is -4.96. The zero-order chi connectivity index (χ0) is 29.7. The fraction of sp³-hybridized carbons (Fsp3) is 0.292. The summed E-state index contributed by atoms with van der Waals surface area (Å²) in [5, 5.41) is 26.7. The van der Waals surface area contributed by atoms with E-state index < -0.39 is 66.5 Å². The molecule has 17 heteroatoms. The Morgan fingerprint density at radius 2 is 1.98 bits per heavy atom. The molecule has 2 atom stereocenters. The van der Waals surface area contributed by atoms with Crippen LogP contribution in [-0.4, -0.2) is 71.2 Å². The van der Waals surface area contributed by atoms with E-state index in [1.165, 1.54) is 18.3 Å². The maximum absolute atomic E-state index is 14.4. The molecular weight excluding hydrogens is 561 g/mol. The largest absolute Gasteiger partial charge is 0.573 e. The van der Waals surface area contributed by atoms with Crippen molar-refractivity contribution >= 4 is 40.3 Å². The first kappa shape index (κ1) is 29.0. The molecule has 0 bridgehead atoms. The number of H-pyrrole nitrogens is 1. The van der Waals surface area contributed by atoms with Crippen molar-refractivity contribution in [3.8, 4) is 5.75 Å². The molecule has 1 aromatic heterocycles. The number of anilines is 1. The van der Waals surface area contributed by atoms with Crippen molar-refractivity contribution in [1.29, 1.82) is 0 Å². The minimum Gasteiger partial charge on any atom is -0.481 e. The number of fused-ring (bicyclic) bond motifs is 1. The zero-order valence-corrected chi connectivity index (χ0v) is 20.8.